The van der Waals surface area contributed by atoms with E-state index in [2.05, 4.69) is 6.92 Å². The topological polar surface area (TPSA) is 46.3 Å². The predicted molar refractivity (Wildman–Crippen MR) is 50.8 cm³/mol. The van der Waals surface area contributed by atoms with Crippen LogP contribution in [-0.2, 0) is 4.79 Å². The Hall–Kier alpha value is -0.570. The molecule has 0 aromatic rings. The Bertz CT molecular complexity index is 136. The van der Waals surface area contributed by atoms with Gasteiger partial charge in [0.25, 0.3) is 0 Å². The van der Waals surface area contributed by atoms with Gasteiger partial charge in [-0.1, -0.05) is 13.8 Å². The number of hydrogen-bond acceptors (Lipinski definition) is 2. The zero-order chi connectivity index (χ0) is 9.56. The summed E-state index contributed by atoms with van der Waals surface area (Å²) in [7, 11) is 0. The molecule has 0 saturated heterocycles. The summed E-state index contributed by atoms with van der Waals surface area (Å²) in [6.45, 7) is 7.56. The Labute approximate surface area is 74.9 Å². The van der Waals surface area contributed by atoms with Gasteiger partial charge in [0, 0.05) is 13.1 Å². The van der Waals surface area contributed by atoms with Gasteiger partial charge in [-0.25, -0.2) is 0 Å². The van der Waals surface area contributed by atoms with Crippen molar-refractivity contribution in [2.45, 2.75) is 39.7 Å². The Balaban J connectivity index is 4.01. The van der Waals surface area contributed by atoms with E-state index in [0.29, 0.717) is 0 Å². The fourth-order valence-corrected chi connectivity index (χ4v) is 1.10. The summed E-state index contributed by atoms with van der Waals surface area (Å²) in [4.78, 5) is 13.3. The van der Waals surface area contributed by atoms with Crippen molar-refractivity contribution in [3.63, 3.8) is 0 Å². The molecule has 2 N–H and O–H groups in total. The third kappa shape index (κ3) is 3.22. The van der Waals surface area contributed by atoms with Crippen LogP contribution in [0.2, 0.25) is 0 Å². The molecule has 12 heavy (non-hydrogen) atoms. The maximum absolute atomic E-state index is 11.5. The molecule has 0 aliphatic rings. The normalized spacial score (nSPS) is 12.7. The van der Waals surface area contributed by atoms with Crippen molar-refractivity contribution in [3.05, 3.63) is 0 Å². The Morgan fingerprint density at radius 2 is 2.00 bits per heavy atom. The molecule has 1 amide bonds. The van der Waals surface area contributed by atoms with E-state index in [1.165, 1.54) is 0 Å². The van der Waals surface area contributed by atoms with Crippen molar-refractivity contribution in [2.75, 3.05) is 13.1 Å². The van der Waals surface area contributed by atoms with Crippen LogP contribution < -0.4 is 5.73 Å². The first-order valence-electron chi connectivity index (χ1n) is 4.71. The number of nitrogens with two attached hydrogens (primary N) is 1. The molecule has 0 aromatic carbocycles. The lowest BCUT2D eigenvalue weighted by Crippen LogP contribution is -2.43. The van der Waals surface area contributed by atoms with Gasteiger partial charge in [-0.2, -0.15) is 0 Å². The minimum atomic E-state index is -0.309. The van der Waals surface area contributed by atoms with E-state index in [1.807, 2.05) is 18.7 Å². The van der Waals surface area contributed by atoms with E-state index in [-0.39, 0.29) is 11.9 Å². The second kappa shape index (κ2) is 6.00. The lowest BCUT2D eigenvalue weighted by Gasteiger charge is -2.22. The van der Waals surface area contributed by atoms with Crippen molar-refractivity contribution in [3.8, 4) is 0 Å². The highest BCUT2D eigenvalue weighted by Gasteiger charge is 2.16. The molecule has 1 atom stereocenters. The molecule has 0 aromatic heterocycles. The van der Waals surface area contributed by atoms with Gasteiger partial charge >= 0.3 is 0 Å². The highest BCUT2D eigenvalue weighted by molar-refractivity contribution is 5.81. The smallest absolute Gasteiger partial charge is 0.239 e. The van der Waals surface area contributed by atoms with Crippen LogP contribution in [0, 0.1) is 0 Å². The summed E-state index contributed by atoms with van der Waals surface area (Å²) in [6.07, 6.45) is 1.72. The van der Waals surface area contributed by atoms with Crippen molar-refractivity contribution in [1.29, 1.82) is 0 Å². The van der Waals surface area contributed by atoms with E-state index < -0.39 is 0 Å². The Morgan fingerprint density at radius 3 is 2.33 bits per heavy atom. The maximum atomic E-state index is 11.5. The molecule has 72 valence electrons. The zero-order valence-electron chi connectivity index (χ0n) is 8.34. The average molecular weight is 172 g/mol. The second-order valence-corrected chi connectivity index (χ2v) is 2.93. The number of likely N-dealkylation sites (N-methyl/N-ethyl adjacent to an activating group) is 1. The van der Waals surface area contributed by atoms with Gasteiger partial charge in [0.15, 0.2) is 0 Å². The molecule has 0 aliphatic heterocycles. The molecule has 0 fully saturated rings. The molecule has 0 heterocycles. The number of nitrogens with zero attached hydrogens (tertiary/aromatic N) is 1. The van der Waals surface area contributed by atoms with Gasteiger partial charge in [-0.05, 0) is 19.8 Å². The molecule has 0 unspecified atom stereocenters. The monoisotopic (exact) mass is 172 g/mol. The molecular formula is C9H20N2O. The Morgan fingerprint density at radius 1 is 1.42 bits per heavy atom. The van der Waals surface area contributed by atoms with Crippen LogP contribution in [-0.4, -0.2) is 29.9 Å². The number of carbonyl (C=O) groups excluding carboxylic acids is 1. The second-order valence-electron chi connectivity index (χ2n) is 2.93. The van der Waals surface area contributed by atoms with Crippen molar-refractivity contribution >= 4 is 5.91 Å². The maximum Gasteiger partial charge on any atom is 0.239 e. The lowest BCUT2D eigenvalue weighted by atomic mass is 10.2. The van der Waals surface area contributed by atoms with Crippen LogP contribution >= 0.6 is 0 Å². The summed E-state index contributed by atoms with van der Waals surface area (Å²) in [6, 6.07) is -0.309. The van der Waals surface area contributed by atoms with E-state index >= 15 is 0 Å². The minimum Gasteiger partial charge on any atom is -0.342 e. The number of amides is 1. The quantitative estimate of drug-likeness (QED) is 0.672. The van der Waals surface area contributed by atoms with Crippen LogP contribution in [0.4, 0.5) is 0 Å². The van der Waals surface area contributed by atoms with Gasteiger partial charge in [0.1, 0.15) is 0 Å². The summed E-state index contributed by atoms with van der Waals surface area (Å²) in [5.74, 6) is 0.0850. The highest BCUT2D eigenvalue weighted by atomic mass is 16.2. The molecular weight excluding hydrogens is 152 g/mol. The third-order valence-electron chi connectivity index (χ3n) is 1.94. The van der Waals surface area contributed by atoms with Crippen molar-refractivity contribution < 1.29 is 4.79 Å². The van der Waals surface area contributed by atoms with E-state index in [9.17, 15) is 4.79 Å². The summed E-state index contributed by atoms with van der Waals surface area (Å²) in [5.41, 5.74) is 5.63. The summed E-state index contributed by atoms with van der Waals surface area (Å²) in [5, 5.41) is 0. The molecule has 0 bridgehead atoms. The Kier molecular flexibility index (Phi) is 5.72. The lowest BCUT2D eigenvalue weighted by molar-refractivity contribution is -0.132. The van der Waals surface area contributed by atoms with E-state index in [0.717, 1.165) is 25.9 Å². The zero-order valence-corrected chi connectivity index (χ0v) is 8.34. The molecule has 0 saturated carbocycles. The first-order chi connectivity index (χ1) is 5.67. The van der Waals surface area contributed by atoms with Gasteiger partial charge < -0.3 is 10.6 Å². The standard InChI is InChI=1S/C9H20N2O/c1-4-7-11(6-3)9(12)8(10)5-2/h8H,4-7,10H2,1-3H3/t8-/m0/s1. The largest absolute Gasteiger partial charge is 0.342 e. The van der Waals surface area contributed by atoms with Crippen LogP contribution in [0.1, 0.15) is 33.6 Å². The first kappa shape index (κ1) is 11.4. The molecule has 3 nitrogen and oxygen atoms in total. The summed E-state index contributed by atoms with van der Waals surface area (Å²) >= 11 is 0. The molecule has 0 rings (SSSR count). The molecule has 0 aliphatic carbocycles. The average Bonchev–Trinajstić information content (AvgIpc) is 2.11. The van der Waals surface area contributed by atoms with Crippen LogP contribution in [0.25, 0.3) is 0 Å². The fourth-order valence-electron chi connectivity index (χ4n) is 1.10. The van der Waals surface area contributed by atoms with Gasteiger partial charge in [-0.3, -0.25) is 4.79 Å². The summed E-state index contributed by atoms with van der Waals surface area (Å²) < 4.78 is 0. The van der Waals surface area contributed by atoms with Crippen LogP contribution in [0.3, 0.4) is 0 Å². The number of hydrogen-bond donors (Lipinski definition) is 1. The van der Waals surface area contributed by atoms with E-state index in [1.54, 1.807) is 0 Å². The van der Waals surface area contributed by atoms with Gasteiger partial charge in [0.05, 0.1) is 6.04 Å². The van der Waals surface area contributed by atoms with Crippen LogP contribution in [0.15, 0.2) is 0 Å². The fraction of sp³-hybridized carbons (Fsp3) is 0.889. The molecule has 0 radical (unpaired) electrons. The molecule has 0 spiro atoms. The highest BCUT2D eigenvalue weighted by Crippen LogP contribution is 1.97. The van der Waals surface area contributed by atoms with Crippen molar-refractivity contribution in [1.82, 2.24) is 4.90 Å². The van der Waals surface area contributed by atoms with Crippen molar-refractivity contribution in [2.24, 2.45) is 5.73 Å². The minimum absolute atomic E-state index is 0.0850. The SMILES string of the molecule is CCCN(CC)C(=O)[C@@H](N)CC. The third-order valence-corrected chi connectivity index (χ3v) is 1.94. The van der Waals surface area contributed by atoms with Gasteiger partial charge in [0.2, 0.25) is 5.91 Å². The van der Waals surface area contributed by atoms with Crippen LogP contribution in [0.5, 0.6) is 0 Å². The molecule has 3 heteroatoms. The predicted octanol–water partition coefficient (Wildman–Crippen LogP) is 0.982. The van der Waals surface area contributed by atoms with Gasteiger partial charge in [-0.15, -0.1) is 0 Å². The number of rotatable bonds is 5. The van der Waals surface area contributed by atoms with E-state index in [4.69, 9.17) is 5.73 Å². The number of carbonyl (C=O) groups is 1. The first-order valence-corrected chi connectivity index (χ1v) is 4.71.